The molecule has 0 unspecified atom stereocenters. The van der Waals surface area contributed by atoms with E-state index in [2.05, 4.69) is 21.0 Å². The van der Waals surface area contributed by atoms with Crippen molar-refractivity contribution in [2.45, 2.75) is 70.7 Å². The fraction of sp³-hybridized carbons (Fsp3) is 0.545. The summed E-state index contributed by atoms with van der Waals surface area (Å²) in [4.78, 5) is 29.5. The van der Waals surface area contributed by atoms with Gasteiger partial charge in [0.2, 0.25) is 0 Å². The Hall–Kier alpha value is -3.10. The standard InChI is InChI=1S/C22H30N6O3/c1-22(2,3)31-21(30)26-16-8-6-5-7-15(16)25-17-9-13-10-23-20(29)18(13)19(27-17)14-11-24-28(4)12-14/h9,11-12,15-16H,5-8,10H2,1-4H3,(H,23,29)(H,25,27)(H,26,30)/t15-,16+/m0/s1. The molecule has 0 aromatic carbocycles. The first-order chi connectivity index (χ1) is 14.7. The Kier molecular flexibility index (Phi) is 5.60. The van der Waals surface area contributed by atoms with Crippen LogP contribution in [0.5, 0.6) is 0 Å². The number of hydrogen-bond acceptors (Lipinski definition) is 6. The van der Waals surface area contributed by atoms with Crippen molar-refractivity contribution in [1.29, 1.82) is 0 Å². The number of amides is 2. The molecule has 1 saturated carbocycles. The van der Waals surface area contributed by atoms with Gasteiger partial charge in [-0.1, -0.05) is 12.8 Å². The normalized spacial score (nSPS) is 20.7. The van der Waals surface area contributed by atoms with E-state index in [1.165, 1.54) is 0 Å². The number of anilines is 1. The zero-order valence-electron chi connectivity index (χ0n) is 18.5. The summed E-state index contributed by atoms with van der Waals surface area (Å²) in [6, 6.07) is 1.89. The fourth-order valence-electron chi connectivity index (χ4n) is 4.21. The number of ether oxygens (including phenoxy) is 1. The minimum absolute atomic E-state index is 0.0265. The van der Waals surface area contributed by atoms with Crippen LogP contribution in [-0.4, -0.2) is 44.4 Å². The molecule has 3 N–H and O–H groups in total. The van der Waals surface area contributed by atoms with Gasteiger partial charge in [-0.05, 0) is 45.2 Å². The van der Waals surface area contributed by atoms with E-state index in [1.807, 2.05) is 40.1 Å². The lowest BCUT2D eigenvalue weighted by Crippen LogP contribution is -2.49. The van der Waals surface area contributed by atoms with Crippen LogP contribution in [0.25, 0.3) is 11.3 Å². The van der Waals surface area contributed by atoms with Gasteiger partial charge in [0.1, 0.15) is 11.4 Å². The molecular formula is C22H30N6O3. The Bertz CT molecular complexity index is 994. The quantitative estimate of drug-likeness (QED) is 0.693. The first-order valence-corrected chi connectivity index (χ1v) is 10.8. The highest BCUT2D eigenvalue weighted by atomic mass is 16.6. The predicted molar refractivity (Wildman–Crippen MR) is 117 cm³/mol. The van der Waals surface area contributed by atoms with E-state index in [0.29, 0.717) is 23.6 Å². The van der Waals surface area contributed by atoms with Crippen LogP contribution in [0.1, 0.15) is 62.4 Å². The minimum atomic E-state index is -0.540. The van der Waals surface area contributed by atoms with E-state index >= 15 is 0 Å². The Labute approximate surface area is 181 Å². The number of alkyl carbamates (subject to hydrolysis) is 1. The first-order valence-electron chi connectivity index (χ1n) is 10.8. The topological polar surface area (TPSA) is 110 Å². The summed E-state index contributed by atoms with van der Waals surface area (Å²) in [6.45, 7) is 6.04. The van der Waals surface area contributed by atoms with Gasteiger partial charge in [0.15, 0.2) is 0 Å². The lowest BCUT2D eigenvalue weighted by atomic mass is 9.90. The highest BCUT2D eigenvalue weighted by molar-refractivity contribution is 6.04. The van der Waals surface area contributed by atoms with Gasteiger partial charge in [-0.2, -0.15) is 5.10 Å². The molecule has 1 aliphatic carbocycles. The summed E-state index contributed by atoms with van der Waals surface area (Å²) >= 11 is 0. The number of aryl methyl sites for hydroxylation is 1. The molecule has 0 saturated heterocycles. The summed E-state index contributed by atoms with van der Waals surface area (Å²) in [6.07, 6.45) is 7.08. The molecule has 9 nitrogen and oxygen atoms in total. The number of aromatic nitrogens is 3. The lowest BCUT2D eigenvalue weighted by Gasteiger charge is -2.34. The van der Waals surface area contributed by atoms with Crippen molar-refractivity contribution in [2.24, 2.45) is 7.05 Å². The average Bonchev–Trinajstić information content (AvgIpc) is 3.27. The second kappa shape index (κ2) is 8.20. The van der Waals surface area contributed by atoms with Gasteiger partial charge in [-0.15, -0.1) is 0 Å². The zero-order chi connectivity index (χ0) is 22.2. The highest BCUT2D eigenvalue weighted by Crippen LogP contribution is 2.31. The monoisotopic (exact) mass is 426 g/mol. The van der Waals surface area contributed by atoms with E-state index < -0.39 is 11.7 Å². The number of hydrogen-bond donors (Lipinski definition) is 3. The van der Waals surface area contributed by atoms with Gasteiger partial charge in [-0.25, -0.2) is 9.78 Å². The van der Waals surface area contributed by atoms with E-state index in [1.54, 1.807) is 10.9 Å². The van der Waals surface area contributed by atoms with Gasteiger partial charge in [0.25, 0.3) is 5.91 Å². The number of nitrogens with one attached hydrogen (secondary N) is 3. The summed E-state index contributed by atoms with van der Waals surface area (Å²) in [5, 5.41) is 13.6. The number of carbonyl (C=O) groups excluding carboxylic acids is 2. The summed E-state index contributed by atoms with van der Waals surface area (Å²) < 4.78 is 7.13. The fourth-order valence-corrected chi connectivity index (χ4v) is 4.21. The molecule has 9 heteroatoms. The van der Waals surface area contributed by atoms with Crippen molar-refractivity contribution in [3.05, 3.63) is 29.6 Å². The van der Waals surface area contributed by atoms with Crippen LogP contribution in [0, 0.1) is 0 Å². The van der Waals surface area contributed by atoms with Crippen LogP contribution >= 0.6 is 0 Å². The number of carbonyl (C=O) groups is 2. The Morgan fingerprint density at radius 1 is 1.26 bits per heavy atom. The molecule has 31 heavy (non-hydrogen) atoms. The average molecular weight is 427 g/mol. The highest BCUT2D eigenvalue weighted by Gasteiger charge is 2.30. The van der Waals surface area contributed by atoms with E-state index in [0.717, 1.165) is 36.8 Å². The van der Waals surface area contributed by atoms with Gasteiger partial charge < -0.3 is 20.7 Å². The van der Waals surface area contributed by atoms with Crippen molar-refractivity contribution in [1.82, 2.24) is 25.4 Å². The van der Waals surface area contributed by atoms with Crippen molar-refractivity contribution in [3.8, 4) is 11.3 Å². The van der Waals surface area contributed by atoms with Crippen LogP contribution in [0.15, 0.2) is 18.5 Å². The van der Waals surface area contributed by atoms with E-state index in [-0.39, 0.29) is 18.0 Å². The number of pyridine rings is 1. The van der Waals surface area contributed by atoms with Gasteiger partial charge in [-0.3, -0.25) is 9.48 Å². The zero-order valence-corrected chi connectivity index (χ0v) is 18.5. The second-order valence-corrected chi connectivity index (χ2v) is 9.26. The molecule has 1 aliphatic heterocycles. The van der Waals surface area contributed by atoms with Crippen molar-refractivity contribution >= 4 is 17.8 Å². The maximum absolute atomic E-state index is 12.4. The van der Waals surface area contributed by atoms with Gasteiger partial charge >= 0.3 is 6.09 Å². The molecule has 0 spiro atoms. The van der Waals surface area contributed by atoms with Crippen LogP contribution in [0.4, 0.5) is 10.6 Å². The predicted octanol–water partition coefficient (Wildman–Crippen LogP) is 2.97. The maximum atomic E-state index is 12.4. The smallest absolute Gasteiger partial charge is 0.407 e. The SMILES string of the molecule is Cn1cc(-c2nc(N[C@H]3CCCC[C@H]3NC(=O)OC(C)(C)C)cc3c2C(=O)NC3)cn1. The molecule has 0 bridgehead atoms. The van der Waals surface area contributed by atoms with Crippen LogP contribution in [0.2, 0.25) is 0 Å². The Balaban J connectivity index is 1.58. The molecule has 2 aromatic heterocycles. The molecule has 2 aliphatic rings. The van der Waals surface area contributed by atoms with Crippen molar-refractivity contribution in [2.75, 3.05) is 5.32 Å². The van der Waals surface area contributed by atoms with Crippen LogP contribution < -0.4 is 16.0 Å². The third-order valence-corrected chi connectivity index (χ3v) is 5.55. The second-order valence-electron chi connectivity index (χ2n) is 9.26. The van der Waals surface area contributed by atoms with Gasteiger partial charge in [0, 0.05) is 31.4 Å². The molecule has 0 radical (unpaired) electrons. The minimum Gasteiger partial charge on any atom is -0.444 e. The molecule has 166 valence electrons. The molecule has 2 atom stereocenters. The molecule has 2 aromatic rings. The van der Waals surface area contributed by atoms with E-state index in [4.69, 9.17) is 9.72 Å². The third kappa shape index (κ3) is 4.81. The Morgan fingerprint density at radius 3 is 2.68 bits per heavy atom. The molecule has 2 amide bonds. The van der Waals surface area contributed by atoms with Crippen molar-refractivity contribution < 1.29 is 14.3 Å². The molecule has 3 heterocycles. The number of fused-ring (bicyclic) bond motifs is 1. The van der Waals surface area contributed by atoms with E-state index in [9.17, 15) is 9.59 Å². The first kappa shape index (κ1) is 21.1. The number of nitrogens with zero attached hydrogens (tertiary/aromatic N) is 3. The lowest BCUT2D eigenvalue weighted by molar-refractivity contribution is 0.0488. The number of rotatable bonds is 4. The molecular weight excluding hydrogens is 396 g/mol. The van der Waals surface area contributed by atoms with Crippen LogP contribution in [-0.2, 0) is 18.3 Å². The summed E-state index contributed by atoms with van der Waals surface area (Å²) in [5.41, 5.74) is 2.39. The summed E-state index contributed by atoms with van der Waals surface area (Å²) in [5.74, 6) is 0.576. The molecule has 4 rings (SSSR count). The van der Waals surface area contributed by atoms with Crippen molar-refractivity contribution in [3.63, 3.8) is 0 Å². The van der Waals surface area contributed by atoms with Crippen LogP contribution in [0.3, 0.4) is 0 Å². The molecule has 1 fully saturated rings. The maximum Gasteiger partial charge on any atom is 0.407 e. The van der Waals surface area contributed by atoms with Gasteiger partial charge in [0.05, 0.1) is 23.5 Å². The Morgan fingerprint density at radius 2 is 2.00 bits per heavy atom. The summed E-state index contributed by atoms with van der Waals surface area (Å²) in [7, 11) is 1.83. The third-order valence-electron chi connectivity index (χ3n) is 5.55. The largest absolute Gasteiger partial charge is 0.444 e.